The van der Waals surface area contributed by atoms with Crippen LogP contribution in [-0.2, 0) is 9.47 Å². The summed E-state index contributed by atoms with van der Waals surface area (Å²) >= 11 is 0. The molecular formula is C16H24FNO2. The van der Waals surface area contributed by atoms with E-state index in [2.05, 4.69) is 4.90 Å². The van der Waals surface area contributed by atoms with Crippen LogP contribution in [-0.4, -0.2) is 32.6 Å². The van der Waals surface area contributed by atoms with Crippen molar-refractivity contribution in [2.45, 2.75) is 33.0 Å². The minimum Gasteiger partial charge on any atom is -0.369 e. The van der Waals surface area contributed by atoms with E-state index in [1.807, 2.05) is 26.0 Å². The molecule has 0 atom stereocenters. The summed E-state index contributed by atoms with van der Waals surface area (Å²) in [5.74, 6) is 0.259. The van der Waals surface area contributed by atoms with Crippen LogP contribution in [0.2, 0.25) is 0 Å². The fourth-order valence-electron chi connectivity index (χ4n) is 2.77. The maximum atomic E-state index is 13.8. The Hall–Kier alpha value is -1.13. The number of hydrogen-bond acceptors (Lipinski definition) is 3. The van der Waals surface area contributed by atoms with Gasteiger partial charge >= 0.3 is 0 Å². The number of rotatable bonds is 6. The molecular weight excluding hydrogens is 257 g/mol. The van der Waals surface area contributed by atoms with E-state index in [0.717, 1.165) is 25.9 Å². The molecule has 1 fully saturated rings. The number of benzene rings is 1. The summed E-state index contributed by atoms with van der Waals surface area (Å²) in [5, 5.41) is 0. The highest BCUT2D eigenvalue weighted by Crippen LogP contribution is 2.28. The normalized spacial score (nSPS) is 16.9. The zero-order valence-corrected chi connectivity index (χ0v) is 12.3. The predicted molar refractivity (Wildman–Crippen MR) is 78.4 cm³/mol. The van der Waals surface area contributed by atoms with Gasteiger partial charge in [-0.2, -0.15) is 0 Å². The van der Waals surface area contributed by atoms with Crippen LogP contribution < -0.4 is 4.90 Å². The fourth-order valence-corrected chi connectivity index (χ4v) is 2.77. The summed E-state index contributed by atoms with van der Waals surface area (Å²) < 4.78 is 25.1. The second-order valence-electron chi connectivity index (χ2n) is 5.05. The molecule has 20 heavy (non-hydrogen) atoms. The molecule has 0 aliphatic carbocycles. The van der Waals surface area contributed by atoms with Crippen LogP contribution in [0.3, 0.4) is 0 Å². The third kappa shape index (κ3) is 3.70. The number of ether oxygens (including phenoxy) is 2. The summed E-state index contributed by atoms with van der Waals surface area (Å²) in [4.78, 5) is 2.11. The molecule has 0 unspecified atom stereocenters. The fraction of sp³-hybridized carbons (Fsp3) is 0.625. The predicted octanol–water partition coefficient (Wildman–Crippen LogP) is 3.44. The van der Waals surface area contributed by atoms with Gasteiger partial charge in [0.15, 0.2) is 6.29 Å². The van der Waals surface area contributed by atoms with Crippen LogP contribution in [0.4, 0.5) is 10.1 Å². The van der Waals surface area contributed by atoms with Crippen molar-refractivity contribution in [2.24, 2.45) is 5.92 Å². The molecule has 0 amide bonds. The van der Waals surface area contributed by atoms with E-state index in [1.54, 1.807) is 6.07 Å². The zero-order chi connectivity index (χ0) is 14.4. The van der Waals surface area contributed by atoms with Crippen LogP contribution in [0.15, 0.2) is 24.3 Å². The molecule has 2 rings (SSSR count). The first-order valence-electron chi connectivity index (χ1n) is 7.49. The topological polar surface area (TPSA) is 21.7 Å². The van der Waals surface area contributed by atoms with E-state index < -0.39 is 0 Å². The van der Waals surface area contributed by atoms with Crippen molar-refractivity contribution in [3.05, 3.63) is 30.1 Å². The van der Waals surface area contributed by atoms with E-state index in [4.69, 9.17) is 9.47 Å². The SMILES string of the molecule is CCOC(OCC)C1CCN(c2ccccc2F)CC1. The van der Waals surface area contributed by atoms with Crippen LogP contribution in [0, 0.1) is 11.7 Å². The van der Waals surface area contributed by atoms with Gasteiger partial charge in [0.1, 0.15) is 5.82 Å². The first-order valence-corrected chi connectivity index (χ1v) is 7.49. The molecule has 0 aromatic heterocycles. The molecule has 0 saturated carbocycles. The lowest BCUT2D eigenvalue weighted by atomic mass is 9.95. The Morgan fingerprint density at radius 2 is 1.75 bits per heavy atom. The Bertz CT molecular complexity index is 399. The Kier molecular flexibility index (Phi) is 5.80. The monoisotopic (exact) mass is 281 g/mol. The van der Waals surface area contributed by atoms with Gasteiger partial charge in [0.2, 0.25) is 0 Å². The van der Waals surface area contributed by atoms with Gasteiger partial charge in [0.25, 0.3) is 0 Å². The third-order valence-corrected chi connectivity index (χ3v) is 3.78. The van der Waals surface area contributed by atoms with E-state index >= 15 is 0 Å². The second kappa shape index (κ2) is 7.60. The van der Waals surface area contributed by atoms with Crippen molar-refractivity contribution in [2.75, 3.05) is 31.2 Å². The van der Waals surface area contributed by atoms with Crippen molar-refractivity contribution in [3.8, 4) is 0 Å². The second-order valence-corrected chi connectivity index (χ2v) is 5.05. The Morgan fingerprint density at radius 3 is 2.30 bits per heavy atom. The van der Waals surface area contributed by atoms with Crippen molar-refractivity contribution in [3.63, 3.8) is 0 Å². The molecule has 3 nitrogen and oxygen atoms in total. The summed E-state index contributed by atoms with van der Waals surface area (Å²) in [5.41, 5.74) is 0.704. The zero-order valence-electron chi connectivity index (χ0n) is 12.3. The molecule has 0 bridgehead atoms. The van der Waals surface area contributed by atoms with Gasteiger partial charge in [-0.3, -0.25) is 0 Å². The standard InChI is InChI=1S/C16H24FNO2/c1-3-19-16(20-4-2)13-9-11-18(12-10-13)15-8-6-5-7-14(15)17/h5-8,13,16H,3-4,9-12H2,1-2H3. The van der Waals surface area contributed by atoms with Crippen LogP contribution in [0.5, 0.6) is 0 Å². The molecule has 1 aromatic carbocycles. The van der Waals surface area contributed by atoms with Gasteiger partial charge in [0.05, 0.1) is 5.69 Å². The van der Waals surface area contributed by atoms with Gasteiger partial charge in [-0.05, 0) is 38.8 Å². The van der Waals surface area contributed by atoms with Crippen LogP contribution >= 0.6 is 0 Å². The van der Waals surface area contributed by atoms with Gasteiger partial charge in [-0.25, -0.2) is 4.39 Å². The molecule has 4 heteroatoms. The van der Waals surface area contributed by atoms with E-state index in [1.165, 1.54) is 6.07 Å². The van der Waals surface area contributed by atoms with Gasteiger partial charge < -0.3 is 14.4 Å². The van der Waals surface area contributed by atoms with Crippen molar-refractivity contribution >= 4 is 5.69 Å². The number of para-hydroxylation sites is 1. The van der Waals surface area contributed by atoms with E-state index in [9.17, 15) is 4.39 Å². The maximum Gasteiger partial charge on any atom is 0.160 e. The third-order valence-electron chi connectivity index (χ3n) is 3.78. The number of hydrogen-bond donors (Lipinski definition) is 0. The highest BCUT2D eigenvalue weighted by Gasteiger charge is 2.28. The number of nitrogens with zero attached hydrogens (tertiary/aromatic N) is 1. The van der Waals surface area contributed by atoms with Gasteiger partial charge in [-0.1, -0.05) is 12.1 Å². The highest BCUT2D eigenvalue weighted by molar-refractivity contribution is 5.47. The molecule has 0 N–H and O–H groups in total. The molecule has 0 spiro atoms. The van der Waals surface area contributed by atoms with Gasteiger partial charge in [-0.15, -0.1) is 0 Å². The van der Waals surface area contributed by atoms with Gasteiger partial charge in [0, 0.05) is 32.2 Å². The Morgan fingerprint density at radius 1 is 1.15 bits per heavy atom. The minimum atomic E-state index is -0.142. The largest absolute Gasteiger partial charge is 0.369 e. The lowest BCUT2D eigenvalue weighted by molar-refractivity contribution is -0.170. The number of anilines is 1. The molecule has 1 aliphatic heterocycles. The first-order chi connectivity index (χ1) is 9.76. The van der Waals surface area contributed by atoms with Crippen molar-refractivity contribution in [1.29, 1.82) is 0 Å². The van der Waals surface area contributed by atoms with E-state index in [0.29, 0.717) is 24.8 Å². The lowest BCUT2D eigenvalue weighted by Gasteiger charge is -2.36. The average molecular weight is 281 g/mol. The lowest BCUT2D eigenvalue weighted by Crippen LogP contribution is -2.40. The molecule has 1 aromatic rings. The number of halogens is 1. The first kappa shape index (κ1) is 15.3. The molecule has 1 heterocycles. The summed E-state index contributed by atoms with van der Waals surface area (Å²) in [6, 6.07) is 6.97. The average Bonchev–Trinajstić information content (AvgIpc) is 2.48. The van der Waals surface area contributed by atoms with Crippen LogP contribution in [0.1, 0.15) is 26.7 Å². The van der Waals surface area contributed by atoms with Crippen molar-refractivity contribution < 1.29 is 13.9 Å². The minimum absolute atomic E-state index is 0.118. The Labute approximate surface area is 120 Å². The maximum absolute atomic E-state index is 13.8. The molecule has 112 valence electrons. The quantitative estimate of drug-likeness (QED) is 0.746. The van der Waals surface area contributed by atoms with Crippen LogP contribution in [0.25, 0.3) is 0 Å². The summed E-state index contributed by atoms with van der Waals surface area (Å²) in [7, 11) is 0. The highest BCUT2D eigenvalue weighted by atomic mass is 19.1. The molecule has 1 saturated heterocycles. The Balaban J connectivity index is 1.93. The summed E-state index contributed by atoms with van der Waals surface area (Å²) in [6.45, 7) is 7.00. The molecule has 1 aliphatic rings. The smallest absolute Gasteiger partial charge is 0.160 e. The van der Waals surface area contributed by atoms with Crippen molar-refractivity contribution in [1.82, 2.24) is 0 Å². The van der Waals surface area contributed by atoms with E-state index in [-0.39, 0.29) is 12.1 Å². The summed E-state index contributed by atoms with van der Waals surface area (Å²) in [6.07, 6.45) is 1.82. The molecule has 0 radical (unpaired) electrons. The number of piperidine rings is 1.